The van der Waals surface area contributed by atoms with Gasteiger partial charge in [-0.15, -0.1) is 11.7 Å². The van der Waals surface area contributed by atoms with Crippen molar-refractivity contribution < 1.29 is 111 Å². The number of amides is 6. The Morgan fingerprint density at radius 2 is 0.601 bits per heavy atom. The minimum Gasteiger partial charge on any atom is -0.481 e. The first-order chi connectivity index (χ1) is 70.2. The zero-order valence-electron chi connectivity index (χ0n) is 80.0. The average Bonchev–Trinajstić information content (AvgIpc) is 0.773. The summed E-state index contributed by atoms with van der Waals surface area (Å²) < 4.78 is 117. The van der Waals surface area contributed by atoms with Gasteiger partial charge in [-0.25, -0.2) is 22.0 Å². The van der Waals surface area contributed by atoms with Crippen molar-refractivity contribution >= 4 is 179 Å². The Labute approximate surface area is 884 Å². The summed E-state index contributed by atoms with van der Waals surface area (Å²) in [6, 6.07) is 78.7. The van der Waals surface area contributed by atoms with E-state index in [-0.39, 0.29) is 98.9 Å². The fourth-order valence-corrected chi connectivity index (χ4v) is 18.6. The van der Waals surface area contributed by atoms with Crippen LogP contribution >= 0.6 is 85.3 Å². The molecule has 12 aromatic rings. The third kappa shape index (κ3) is 31.0. The Morgan fingerprint density at radius 1 is 0.365 bits per heavy atom. The van der Waals surface area contributed by atoms with Gasteiger partial charge in [-0.1, -0.05) is 179 Å². The van der Waals surface area contributed by atoms with Crippen LogP contribution in [0.15, 0.2) is 296 Å². The summed E-state index contributed by atoms with van der Waals surface area (Å²) in [5.74, 6) is -4.71. The molecule has 39 heteroatoms. The van der Waals surface area contributed by atoms with Crippen LogP contribution in [0.1, 0.15) is 158 Å². The molecule has 5 fully saturated rings. The van der Waals surface area contributed by atoms with Gasteiger partial charge in [0.05, 0.1) is 60.6 Å². The Kier molecular flexibility index (Phi) is 41.8. The number of nitrogens with two attached hydrogens (primary N) is 2. The number of methoxy groups -OCH3 is 3. The third-order valence-corrected chi connectivity index (χ3v) is 27.7. The van der Waals surface area contributed by atoms with Gasteiger partial charge < -0.3 is 67.6 Å². The minimum absolute atomic E-state index is 0.0173. The number of halogens is 14. The van der Waals surface area contributed by atoms with Crippen LogP contribution in [-0.4, -0.2) is 144 Å². The van der Waals surface area contributed by atoms with Gasteiger partial charge in [-0.3, -0.25) is 47.9 Å². The number of esters is 3. The number of ether oxygens (including phenoxy) is 3. The molecule has 0 aliphatic heterocycles. The van der Waals surface area contributed by atoms with E-state index in [1.807, 2.05) is 24.3 Å². The Hall–Kier alpha value is -13.3. The number of aliphatic hydroxyl groups is 2. The Morgan fingerprint density at radius 3 is 0.838 bits per heavy atom. The molecular weight excluding hydrogens is 2120 g/mol. The number of aliphatic carboxylic acids is 1. The Bertz CT molecular complexity index is 6450. The summed E-state index contributed by atoms with van der Waals surface area (Å²) in [6.45, 7) is 3.14. The first-order valence-corrected chi connectivity index (χ1v) is 49.8. The predicted octanol–water partition coefficient (Wildman–Crippen LogP) is 24.6. The van der Waals surface area contributed by atoms with Crippen LogP contribution in [0.25, 0.3) is 0 Å². The van der Waals surface area contributed by atoms with Crippen LogP contribution < -0.4 is 38.1 Å². The van der Waals surface area contributed by atoms with Crippen molar-refractivity contribution in [3.05, 3.63) is 388 Å². The lowest BCUT2D eigenvalue weighted by molar-refractivity contribution is -0.157. The maximum Gasteiger partial charge on any atom is 0.316 e. The van der Waals surface area contributed by atoms with E-state index in [0.717, 1.165) is 15.6 Å². The van der Waals surface area contributed by atoms with Crippen molar-refractivity contribution in [2.75, 3.05) is 66.7 Å². The maximum atomic E-state index is 13.8. The largest absolute Gasteiger partial charge is 0.481 e. The lowest BCUT2D eigenvalue weighted by Gasteiger charge is -2.43. The van der Waals surface area contributed by atoms with E-state index in [2.05, 4.69) is 42.5 Å². The second-order valence-electron chi connectivity index (χ2n) is 34.9. The fraction of sp³-hybridized carbons (Fsp3) is 0.248. The van der Waals surface area contributed by atoms with E-state index in [1.165, 1.54) is 89.8 Å². The van der Waals surface area contributed by atoms with Gasteiger partial charge in [0.2, 0.25) is 11.8 Å². The molecule has 0 aromatic heterocycles. The zero-order chi connectivity index (χ0) is 108. The molecule has 0 radical (unpaired) electrons. The summed E-state index contributed by atoms with van der Waals surface area (Å²) in [5, 5.41) is 44.7. The second-order valence-corrected chi connectivity index (χ2v) is 39.3. The molecule has 0 unspecified atom stereocenters. The molecule has 24 nitrogen and oxygen atoms in total. The molecule has 5 aliphatic rings. The highest BCUT2D eigenvalue weighted by Gasteiger charge is 2.56. The van der Waals surface area contributed by atoms with Crippen molar-refractivity contribution in [2.24, 2.45) is 5.73 Å². The molecule has 5 aliphatic carbocycles. The highest BCUT2D eigenvalue weighted by molar-refractivity contribution is 9.10. The van der Waals surface area contributed by atoms with Gasteiger partial charge in [-0.2, -0.15) is 4.31 Å². The lowest BCUT2D eigenvalue weighted by atomic mass is 9.62. The number of carbonyl (C=O) groups excluding carboxylic acids is 9. The number of anilines is 6. The number of nitrogens with one attached hydrogen (secondary N) is 5. The standard InChI is InChI=1S/C24H19ClF2N2O2.C19H17ClFNO3.C19H18ClNO4.C18H15ClFNO3.C12H13BrO3.C7H6ClNO.C6H6FN.C4H10F3NS/c25-17-3-1-2-15(12-17)22(30)28-20-8-4-16(5-9-20)24(13-19(27)14-24)23(31)29-21-10-6-18(26)7-11-21;1-25-18(24)19(10-15(21)11-19)13-5-7-16(8-6-13)22-17(23)12-3-2-4-14(20)9-12;1-25-18(24)19(10-16(22)11-19)13-5-7-15(8-6-13)21-17(23)12-3-2-4-14(20)9-12;19-13-3-1-2-11(8-13)16(22)21-15-6-4-12(5-7-15)18(17(23)24)9-14(20)10-18;1-16-11(15)12(6-10(14)7-12)8-2-4-9(13)5-3-8;8-6-3-1-2-5(4-6)7(9)10;7-5-1-3-6(8)4-2-5;1-3-8(4-2)9(5,6)7/h1-12,19H,13-14H2,(H,28,30)(H,29,31);2-9,15H,10-11H2,1H3,(H,22,23);2-9,16,22H,10-11H2,1H3,(H,21,23);1-8,14H,9-10H2,(H,21,22)(H,23,24);2-5,10,14H,6-7H2,1H3;1-4H,(H2,9,10);1-4H,8H2;3-4H2,1-2H3. The summed E-state index contributed by atoms with van der Waals surface area (Å²) >= 11 is 27.6. The lowest BCUT2D eigenvalue weighted by Crippen LogP contribution is -2.51. The van der Waals surface area contributed by atoms with Crippen molar-refractivity contribution in [1.29, 1.82) is 0 Å². The normalized spacial score (nSPS) is 20.3. The van der Waals surface area contributed by atoms with Crippen molar-refractivity contribution in [3.8, 4) is 0 Å². The molecule has 12 N–H and O–H groups in total. The fourth-order valence-electron chi connectivity index (χ4n) is 16.8. The average molecular weight is 2220 g/mol. The highest BCUT2D eigenvalue weighted by Crippen LogP contribution is 2.56. The number of nitrogens with zero attached hydrogens (tertiary/aromatic N) is 1. The summed E-state index contributed by atoms with van der Waals surface area (Å²) in [6.07, 6.45) is -2.14. The number of carboxylic acid groups (broad SMARTS) is 1. The van der Waals surface area contributed by atoms with Gasteiger partial charge in [0, 0.05) is 105 Å². The molecule has 0 atom stereocenters. The number of rotatable bonds is 23. The number of carbonyl (C=O) groups is 10. The monoisotopic (exact) mass is 2220 g/mol. The number of carboxylic acids is 1. The summed E-state index contributed by atoms with van der Waals surface area (Å²) in [4.78, 5) is 120. The first-order valence-electron chi connectivity index (χ1n) is 45.8. The van der Waals surface area contributed by atoms with E-state index in [9.17, 15) is 96.9 Å². The number of hydrogen-bond acceptors (Lipinski definition) is 17. The van der Waals surface area contributed by atoms with E-state index in [4.69, 9.17) is 83.7 Å². The van der Waals surface area contributed by atoms with Gasteiger partial charge in [-0.05, 0) is 292 Å². The topological polar surface area (TPSA) is 375 Å². The summed E-state index contributed by atoms with van der Waals surface area (Å²) in [5.41, 5.74) is 14.7. The van der Waals surface area contributed by atoms with E-state index in [0.29, 0.717) is 134 Å². The number of primary amides is 1. The molecule has 148 heavy (non-hydrogen) atoms. The van der Waals surface area contributed by atoms with Crippen molar-refractivity contribution in [2.45, 2.75) is 136 Å². The number of hydrogen-bond donors (Lipinski definition) is 10. The van der Waals surface area contributed by atoms with E-state index >= 15 is 0 Å². The van der Waals surface area contributed by atoms with Crippen LogP contribution in [-0.2, 0) is 65.3 Å². The molecule has 17 rings (SSSR count). The van der Waals surface area contributed by atoms with Crippen molar-refractivity contribution in [1.82, 2.24) is 4.31 Å². The highest BCUT2D eigenvalue weighted by atomic mass is 79.9. The molecule has 0 spiro atoms. The van der Waals surface area contributed by atoms with Gasteiger partial charge >= 0.3 is 23.9 Å². The van der Waals surface area contributed by atoms with Gasteiger partial charge in [0.25, 0.3) is 35.0 Å². The van der Waals surface area contributed by atoms with Crippen LogP contribution in [0.2, 0.25) is 25.1 Å². The molecule has 0 heterocycles. The van der Waals surface area contributed by atoms with Crippen LogP contribution in [0, 0.1) is 11.6 Å². The zero-order valence-corrected chi connectivity index (χ0v) is 86.2. The number of aliphatic hydroxyl groups excluding tert-OH is 2. The smallest absolute Gasteiger partial charge is 0.316 e. The minimum atomic E-state index is -4.93. The van der Waals surface area contributed by atoms with Crippen LogP contribution in [0.5, 0.6) is 0 Å². The van der Waals surface area contributed by atoms with Gasteiger partial charge in [0.15, 0.2) is 0 Å². The maximum absolute atomic E-state index is 13.8. The molecule has 0 saturated heterocycles. The molecule has 12 aromatic carbocycles. The van der Waals surface area contributed by atoms with E-state index < -0.39 is 92.8 Å². The SMILES string of the molecule is CCN(CC)S(F)(F)F.COC(=O)C1(c2ccc(Br)cc2)CC(O)C1.COC(=O)C1(c2ccc(NC(=O)c3cccc(Cl)c3)cc2)CC(F)C1.COC(=O)C1(c2ccc(NC(=O)c3cccc(Cl)c3)cc2)CC(O)C1.NC(=O)c1cccc(Cl)c1.Nc1ccc(F)cc1.O=C(Nc1ccc(C2(C(=O)Nc3ccc(F)cc3)CC(F)C2)cc1)c1cccc(Cl)c1.O=C(Nc1ccc(C2(C(=O)O)CC(F)C2)cc1)c1cccc(Cl)c1. The quantitative estimate of drug-likeness (QED) is 0.0123. The third-order valence-electron chi connectivity index (χ3n) is 24.9. The number of alkyl halides is 3. The number of benzene rings is 12. The number of nitrogen functional groups attached to an aromatic ring is 1. The second kappa shape index (κ2) is 53.1. The summed E-state index contributed by atoms with van der Waals surface area (Å²) in [7, 11) is 4.03. The molecule has 6 amide bonds. The molecule has 0 bridgehead atoms. The first kappa shape index (κ1) is 117. The van der Waals surface area contributed by atoms with E-state index in [1.54, 1.807) is 212 Å². The van der Waals surface area contributed by atoms with Crippen LogP contribution in [0.4, 0.5) is 67.7 Å². The Balaban J connectivity index is 0.000000179. The molecular formula is C109H104BrCl5F8N8O16S. The molecule has 780 valence electrons. The predicted molar refractivity (Wildman–Crippen MR) is 562 cm³/mol. The van der Waals surface area contributed by atoms with Gasteiger partial charge in [0.1, 0.15) is 30.1 Å². The van der Waals surface area contributed by atoms with Crippen LogP contribution in [0.3, 0.4) is 0 Å². The molecule has 5 saturated carbocycles. The van der Waals surface area contributed by atoms with Crippen molar-refractivity contribution in [3.63, 3.8) is 0 Å².